The lowest BCUT2D eigenvalue weighted by atomic mass is 10.0. The predicted octanol–water partition coefficient (Wildman–Crippen LogP) is 2.92. The summed E-state index contributed by atoms with van der Waals surface area (Å²) in [5.41, 5.74) is 9.04. The van der Waals surface area contributed by atoms with Gasteiger partial charge in [-0.1, -0.05) is 11.8 Å². The maximum absolute atomic E-state index is 12.8. The minimum absolute atomic E-state index is 0.0323. The van der Waals surface area contributed by atoms with Crippen molar-refractivity contribution in [3.8, 4) is 17.6 Å². The van der Waals surface area contributed by atoms with E-state index in [4.69, 9.17) is 10.2 Å². The molecule has 3 aromatic rings. The number of aromatic hydroxyl groups is 1. The lowest BCUT2D eigenvalue weighted by Crippen LogP contribution is -2.32. The molecule has 0 bridgehead atoms. The SMILES string of the molecule is N[C@@H]1CN(C(=O)c2ccc(C#Cc3ccc(NCc4occc(=O)c4O)cc3)cc2)CC12CC2. The van der Waals surface area contributed by atoms with E-state index in [9.17, 15) is 14.7 Å². The van der Waals surface area contributed by atoms with E-state index in [2.05, 4.69) is 17.2 Å². The Balaban J connectivity index is 1.18. The van der Waals surface area contributed by atoms with E-state index in [0.717, 1.165) is 36.2 Å². The number of nitrogens with zero attached hydrogens (tertiary/aromatic N) is 1. The van der Waals surface area contributed by atoms with Gasteiger partial charge in [-0.25, -0.2) is 0 Å². The molecule has 2 aromatic carbocycles. The molecular weight excluding hydrogens is 430 g/mol. The van der Waals surface area contributed by atoms with Gasteiger partial charge in [0.15, 0.2) is 5.76 Å². The minimum Gasteiger partial charge on any atom is -0.502 e. The highest BCUT2D eigenvalue weighted by molar-refractivity contribution is 5.94. The Morgan fingerprint density at radius 3 is 2.35 bits per heavy atom. The first-order valence-corrected chi connectivity index (χ1v) is 11.2. The van der Waals surface area contributed by atoms with Crippen molar-refractivity contribution in [1.29, 1.82) is 0 Å². The zero-order valence-corrected chi connectivity index (χ0v) is 18.6. The van der Waals surface area contributed by atoms with Gasteiger partial charge >= 0.3 is 0 Å². The molecule has 172 valence electrons. The Morgan fingerprint density at radius 2 is 1.74 bits per heavy atom. The quantitative estimate of drug-likeness (QED) is 0.522. The second-order valence-electron chi connectivity index (χ2n) is 8.97. The Morgan fingerprint density at radius 1 is 1.09 bits per heavy atom. The molecule has 2 aliphatic rings. The maximum atomic E-state index is 12.8. The third kappa shape index (κ3) is 4.41. The van der Waals surface area contributed by atoms with Crippen LogP contribution in [0.1, 0.15) is 40.1 Å². The molecule has 7 nitrogen and oxygen atoms in total. The van der Waals surface area contributed by atoms with Crippen LogP contribution in [0.15, 0.2) is 70.1 Å². The molecule has 4 N–H and O–H groups in total. The molecule has 2 fully saturated rings. The number of nitrogens with two attached hydrogens (primary N) is 1. The topological polar surface area (TPSA) is 109 Å². The number of amides is 1. The predicted molar refractivity (Wildman–Crippen MR) is 128 cm³/mol. The Hall–Kier alpha value is -4.02. The van der Waals surface area contributed by atoms with E-state index in [-0.39, 0.29) is 35.4 Å². The number of carbonyl (C=O) groups is 1. The van der Waals surface area contributed by atoms with Crippen LogP contribution in [0.4, 0.5) is 5.69 Å². The zero-order valence-electron chi connectivity index (χ0n) is 18.6. The molecule has 34 heavy (non-hydrogen) atoms. The fourth-order valence-corrected chi connectivity index (χ4v) is 4.29. The first kappa shape index (κ1) is 21.8. The summed E-state index contributed by atoms with van der Waals surface area (Å²) in [6.07, 6.45) is 3.50. The summed E-state index contributed by atoms with van der Waals surface area (Å²) in [4.78, 5) is 26.1. The van der Waals surface area contributed by atoms with Gasteiger partial charge in [0.2, 0.25) is 11.2 Å². The summed E-state index contributed by atoms with van der Waals surface area (Å²) in [5, 5.41) is 12.8. The molecule has 1 spiro atoms. The van der Waals surface area contributed by atoms with Crippen molar-refractivity contribution in [2.75, 3.05) is 18.4 Å². The summed E-state index contributed by atoms with van der Waals surface area (Å²) in [7, 11) is 0. The van der Waals surface area contributed by atoms with Crippen molar-refractivity contribution in [2.24, 2.45) is 11.1 Å². The van der Waals surface area contributed by atoms with Crippen LogP contribution in [0.25, 0.3) is 0 Å². The van der Waals surface area contributed by atoms with Crippen LogP contribution in [-0.2, 0) is 6.54 Å². The molecule has 2 heterocycles. The molecule has 1 saturated heterocycles. The molecule has 1 saturated carbocycles. The molecule has 1 aliphatic heterocycles. The van der Waals surface area contributed by atoms with Crippen LogP contribution in [0.2, 0.25) is 0 Å². The van der Waals surface area contributed by atoms with Gasteiger partial charge in [-0.2, -0.15) is 0 Å². The third-order valence-corrected chi connectivity index (χ3v) is 6.64. The van der Waals surface area contributed by atoms with Crippen molar-refractivity contribution in [3.63, 3.8) is 0 Å². The number of rotatable bonds is 4. The van der Waals surface area contributed by atoms with E-state index >= 15 is 0 Å². The van der Waals surface area contributed by atoms with E-state index < -0.39 is 5.43 Å². The van der Waals surface area contributed by atoms with Crippen molar-refractivity contribution in [2.45, 2.75) is 25.4 Å². The highest BCUT2D eigenvalue weighted by Gasteiger charge is 2.54. The van der Waals surface area contributed by atoms with Crippen LogP contribution in [0.5, 0.6) is 5.75 Å². The largest absolute Gasteiger partial charge is 0.502 e. The van der Waals surface area contributed by atoms with Gasteiger partial charge in [-0.3, -0.25) is 9.59 Å². The average molecular weight is 456 g/mol. The number of likely N-dealkylation sites (tertiary alicyclic amines) is 1. The minimum atomic E-state index is -0.474. The van der Waals surface area contributed by atoms with Crippen LogP contribution in [0.3, 0.4) is 0 Å². The van der Waals surface area contributed by atoms with Crippen LogP contribution >= 0.6 is 0 Å². The van der Waals surface area contributed by atoms with Gasteiger partial charge in [-0.05, 0) is 61.4 Å². The maximum Gasteiger partial charge on any atom is 0.253 e. The van der Waals surface area contributed by atoms with Crippen molar-refractivity contribution >= 4 is 11.6 Å². The average Bonchev–Trinajstić information content (AvgIpc) is 3.57. The van der Waals surface area contributed by atoms with E-state index in [1.165, 1.54) is 12.3 Å². The molecule has 1 amide bonds. The first-order valence-electron chi connectivity index (χ1n) is 11.2. The second-order valence-corrected chi connectivity index (χ2v) is 8.97. The van der Waals surface area contributed by atoms with Gasteiger partial charge < -0.3 is 25.5 Å². The van der Waals surface area contributed by atoms with Crippen molar-refractivity contribution in [1.82, 2.24) is 4.90 Å². The third-order valence-electron chi connectivity index (χ3n) is 6.64. The van der Waals surface area contributed by atoms with Crippen molar-refractivity contribution < 1.29 is 14.3 Å². The van der Waals surface area contributed by atoms with E-state index in [0.29, 0.717) is 12.1 Å². The number of benzene rings is 2. The number of anilines is 1. The number of hydrogen-bond donors (Lipinski definition) is 3. The molecule has 1 aliphatic carbocycles. The molecule has 0 radical (unpaired) electrons. The highest BCUT2D eigenvalue weighted by atomic mass is 16.4. The van der Waals surface area contributed by atoms with Gasteiger partial charge in [0.05, 0.1) is 12.8 Å². The summed E-state index contributed by atoms with van der Waals surface area (Å²) in [6.45, 7) is 1.58. The normalized spacial score (nSPS) is 17.8. The van der Waals surface area contributed by atoms with Crippen LogP contribution in [0, 0.1) is 17.3 Å². The van der Waals surface area contributed by atoms with E-state index in [1.54, 1.807) is 0 Å². The lowest BCUT2D eigenvalue weighted by Gasteiger charge is -2.16. The first-order chi connectivity index (χ1) is 16.4. The summed E-state index contributed by atoms with van der Waals surface area (Å²) < 4.78 is 5.18. The Bertz CT molecular complexity index is 1330. The Kier molecular flexibility index (Phi) is 5.60. The van der Waals surface area contributed by atoms with Gasteiger partial charge in [-0.15, -0.1) is 0 Å². The monoisotopic (exact) mass is 455 g/mol. The summed E-state index contributed by atoms with van der Waals surface area (Å²) in [5.74, 6) is 6.06. The fraction of sp³-hybridized carbons (Fsp3) is 0.259. The highest BCUT2D eigenvalue weighted by Crippen LogP contribution is 2.52. The van der Waals surface area contributed by atoms with E-state index in [1.807, 2.05) is 53.4 Å². The number of hydrogen-bond acceptors (Lipinski definition) is 6. The van der Waals surface area contributed by atoms with Crippen LogP contribution in [-0.4, -0.2) is 35.0 Å². The molecular formula is C27H25N3O4. The fourth-order valence-electron chi connectivity index (χ4n) is 4.29. The summed E-state index contributed by atoms with van der Waals surface area (Å²) >= 11 is 0. The van der Waals surface area contributed by atoms with Crippen molar-refractivity contribution in [3.05, 3.63) is 93.5 Å². The molecule has 5 rings (SSSR count). The Labute approximate surface area is 197 Å². The number of nitrogens with one attached hydrogen (secondary N) is 1. The summed E-state index contributed by atoms with van der Waals surface area (Å²) in [6, 6.07) is 16.1. The van der Waals surface area contributed by atoms with Gasteiger partial charge in [0.25, 0.3) is 5.91 Å². The van der Waals surface area contributed by atoms with Gasteiger partial charge in [0.1, 0.15) is 0 Å². The lowest BCUT2D eigenvalue weighted by molar-refractivity contribution is 0.0784. The zero-order chi connectivity index (χ0) is 23.7. The van der Waals surface area contributed by atoms with Crippen LogP contribution < -0.4 is 16.5 Å². The second kappa shape index (κ2) is 8.73. The number of carbonyl (C=O) groups excluding carboxylic acids is 1. The van der Waals surface area contributed by atoms with Gasteiger partial charge in [0, 0.05) is 53.0 Å². The molecule has 7 heteroatoms. The molecule has 1 atom stereocenters. The molecule has 1 aromatic heterocycles. The standard InChI is InChI=1S/C27H25N3O4/c28-24-16-30(17-27(24)12-13-27)26(33)20-7-3-18(4-8-20)1-2-19-5-9-21(10-6-19)29-15-23-25(32)22(31)11-14-34-23/h3-11,14,24,29,32H,12-13,15-17,28H2/t24-/m1/s1. The molecule has 0 unspecified atom stereocenters. The smallest absolute Gasteiger partial charge is 0.253 e.